The maximum absolute atomic E-state index is 14.2. The summed E-state index contributed by atoms with van der Waals surface area (Å²) in [6.07, 6.45) is 0.143. The second kappa shape index (κ2) is 20.0. The van der Waals surface area contributed by atoms with Crippen molar-refractivity contribution in [1.82, 2.24) is 4.57 Å². The van der Waals surface area contributed by atoms with Gasteiger partial charge in [0.05, 0.1) is 16.8 Å². The molecular weight excluding hydrogens is 827 g/mol. The molecule has 0 saturated heterocycles. The number of anilines is 1. The normalized spacial score (nSPS) is 10.7. The minimum absolute atomic E-state index is 0.0144. The van der Waals surface area contributed by atoms with E-state index in [9.17, 15) is 41.8 Å². The number of nitrogens with one attached hydrogen (secondary N) is 1. The first-order valence-corrected chi connectivity index (χ1v) is 18.9. The third-order valence-electron chi connectivity index (χ3n) is 8.81. The summed E-state index contributed by atoms with van der Waals surface area (Å²) >= 11 is 12.2. The molecule has 1 amide bonds. The number of Topliss-reactive ketones (excluding diaryl/α,β-unsaturated/α-hetero) is 2. The van der Waals surface area contributed by atoms with E-state index in [2.05, 4.69) is 5.32 Å². The fourth-order valence-electron chi connectivity index (χ4n) is 5.96. The van der Waals surface area contributed by atoms with E-state index in [1.54, 1.807) is 28.8 Å². The van der Waals surface area contributed by atoms with E-state index in [4.69, 9.17) is 32.7 Å². The Morgan fingerprint density at radius 2 is 1.28 bits per heavy atom. The Hall–Kier alpha value is -6.44. The number of ether oxygens (including phenoxy) is 2. The number of nitrogens with zero attached hydrogens (tertiary/aromatic N) is 1. The van der Waals surface area contributed by atoms with Gasteiger partial charge in [-0.1, -0.05) is 47.5 Å². The predicted molar refractivity (Wildman–Crippen MR) is 219 cm³/mol. The van der Waals surface area contributed by atoms with Crippen molar-refractivity contribution in [3.05, 3.63) is 164 Å². The molecule has 0 spiro atoms. The lowest BCUT2D eigenvalue weighted by atomic mass is 10.0. The number of amides is 1. The minimum Gasteiger partial charge on any atom is -0.488 e. The number of rotatable bonds is 14. The van der Waals surface area contributed by atoms with Crippen molar-refractivity contribution in [2.75, 3.05) is 5.32 Å². The lowest BCUT2D eigenvalue weighted by molar-refractivity contribution is -0.117. The number of halogens is 6. The monoisotopic (exact) mass is 862 g/mol. The number of carbonyl (C=O) groups is 4. The summed E-state index contributed by atoms with van der Waals surface area (Å²) < 4.78 is 67.8. The van der Waals surface area contributed by atoms with Gasteiger partial charge in [-0.15, -0.1) is 0 Å². The van der Waals surface area contributed by atoms with Gasteiger partial charge in [0.25, 0.3) is 0 Å². The summed E-state index contributed by atoms with van der Waals surface area (Å²) in [7, 11) is 0. The van der Waals surface area contributed by atoms with E-state index in [1.165, 1.54) is 68.4 Å². The molecule has 60 heavy (non-hydrogen) atoms. The molecule has 6 aromatic rings. The molecule has 0 unspecified atom stereocenters. The Balaban J connectivity index is 0.000000247. The largest absolute Gasteiger partial charge is 0.488 e. The van der Waals surface area contributed by atoms with Crippen LogP contribution in [-0.2, 0) is 22.8 Å². The third-order valence-corrected chi connectivity index (χ3v) is 9.28. The minimum atomic E-state index is -1.15. The number of benzene rings is 5. The van der Waals surface area contributed by atoms with Gasteiger partial charge >= 0.3 is 5.97 Å². The van der Waals surface area contributed by atoms with E-state index in [0.717, 1.165) is 17.8 Å². The first-order valence-electron chi connectivity index (χ1n) is 18.1. The molecule has 0 atom stereocenters. The van der Waals surface area contributed by atoms with Crippen LogP contribution in [0, 0.1) is 30.2 Å². The molecule has 1 aromatic heterocycles. The summed E-state index contributed by atoms with van der Waals surface area (Å²) in [6, 6.07) is 25.1. The number of ketones is 2. The molecule has 6 rings (SSSR count). The van der Waals surface area contributed by atoms with Crippen LogP contribution in [0.25, 0.3) is 16.9 Å². The highest BCUT2D eigenvalue weighted by atomic mass is 35.5. The van der Waals surface area contributed by atoms with E-state index >= 15 is 0 Å². The molecule has 0 aliphatic carbocycles. The van der Waals surface area contributed by atoms with Crippen LogP contribution in [0.5, 0.6) is 11.5 Å². The second-order valence-corrected chi connectivity index (χ2v) is 14.2. The summed E-state index contributed by atoms with van der Waals surface area (Å²) in [5.41, 5.74) is 3.01. The summed E-state index contributed by atoms with van der Waals surface area (Å²) in [6.45, 7) is 4.10. The SMILES string of the molecule is CC(=O)CCC(=O)c1cc(Cl)ccc1OCc1cccc(F)c1F.CC(=O)Nc1cc(C(=O)O)cc(-n2c(C)ccc2-c2cc(Cl)ccc2OCc2cccc(F)c2F)c1. The number of aryl methyl sites for hydroxylation is 1. The molecule has 15 heteroatoms. The molecular formula is C45H36Cl2F4N2O7. The highest BCUT2D eigenvalue weighted by Crippen LogP contribution is 2.37. The van der Waals surface area contributed by atoms with Crippen LogP contribution in [0.4, 0.5) is 23.2 Å². The number of carbonyl (C=O) groups excluding carboxylic acids is 3. The molecule has 0 fully saturated rings. The molecule has 0 saturated carbocycles. The lowest BCUT2D eigenvalue weighted by Gasteiger charge is -2.17. The van der Waals surface area contributed by atoms with Crippen molar-refractivity contribution in [3.8, 4) is 28.4 Å². The van der Waals surface area contributed by atoms with E-state index in [1.807, 2.05) is 19.1 Å². The number of aromatic carboxylic acids is 1. The van der Waals surface area contributed by atoms with Crippen LogP contribution in [0.1, 0.15) is 64.2 Å². The third kappa shape index (κ3) is 11.4. The van der Waals surface area contributed by atoms with Gasteiger partial charge in [-0.3, -0.25) is 9.59 Å². The van der Waals surface area contributed by atoms with E-state index < -0.39 is 29.2 Å². The van der Waals surface area contributed by atoms with Gasteiger partial charge in [-0.25, -0.2) is 22.4 Å². The van der Waals surface area contributed by atoms with Crippen LogP contribution in [0.15, 0.2) is 103 Å². The highest BCUT2D eigenvalue weighted by Gasteiger charge is 2.19. The number of hydrogen-bond acceptors (Lipinski definition) is 6. The van der Waals surface area contributed by atoms with Crippen molar-refractivity contribution < 1.29 is 51.3 Å². The first-order chi connectivity index (χ1) is 28.5. The average molecular weight is 864 g/mol. The molecule has 0 aliphatic rings. The fourth-order valence-corrected chi connectivity index (χ4v) is 6.30. The zero-order valence-corrected chi connectivity index (χ0v) is 33.8. The lowest BCUT2D eigenvalue weighted by Crippen LogP contribution is -2.09. The van der Waals surface area contributed by atoms with Crippen LogP contribution < -0.4 is 14.8 Å². The molecule has 9 nitrogen and oxygen atoms in total. The number of hydrogen-bond donors (Lipinski definition) is 2. The molecule has 5 aromatic carbocycles. The molecule has 2 N–H and O–H groups in total. The smallest absolute Gasteiger partial charge is 0.335 e. The first kappa shape index (κ1) is 44.7. The molecule has 0 bridgehead atoms. The van der Waals surface area contributed by atoms with Crippen molar-refractivity contribution in [3.63, 3.8) is 0 Å². The molecule has 310 valence electrons. The summed E-state index contributed by atoms with van der Waals surface area (Å²) in [5.74, 6) is -5.25. The topological polar surface area (TPSA) is 124 Å². The predicted octanol–water partition coefficient (Wildman–Crippen LogP) is 11.4. The van der Waals surface area contributed by atoms with Crippen LogP contribution in [-0.4, -0.2) is 33.1 Å². The van der Waals surface area contributed by atoms with Crippen molar-refractivity contribution >= 4 is 52.3 Å². The summed E-state index contributed by atoms with van der Waals surface area (Å²) in [5, 5.41) is 13.0. The Kier molecular flexibility index (Phi) is 14.9. The fraction of sp³-hybridized carbons (Fsp3) is 0.156. The van der Waals surface area contributed by atoms with Crippen LogP contribution >= 0.6 is 23.2 Å². The van der Waals surface area contributed by atoms with Gasteiger partial charge in [0.2, 0.25) is 5.91 Å². The van der Waals surface area contributed by atoms with Gasteiger partial charge in [-0.05, 0) is 92.7 Å². The Morgan fingerprint density at radius 3 is 1.87 bits per heavy atom. The van der Waals surface area contributed by atoms with Gasteiger partial charge in [0.1, 0.15) is 30.5 Å². The second-order valence-electron chi connectivity index (χ2n) is 13.4. The molecule has 0 aliphatic heterocycles. The number of carboxylic acids is 1. The zero-order chi connectivity index (χ0) is 43.7. The standard InChI is InChI=1S/C27H21ClF2N2O4.C18H15ClF2O3/c1-15-6-8-24(32(15)21-11-18(27(34)35)10-20(13-21)31-16(2)33)22-12-19(28)7-9-25(22)36-14-17-4-3-5-23(29)26(17)30;1-11(22)5-7-16(23)14-9-13(19)6-8-17(14)24-10-12-3-2-4-15(20)18(12)21/h3-13H,14H2,1-2H3,(H,31,33)(H,34,35);2-4,6,8-9H,5,7,10H2,1H3. The van der Waals surface area contributed by atoms with Crippen LogP contribution in [0.2, 0.25) is 10.0 Å². The Labute approximate surface area is 352 Å². The van der Waals surface area contributed by atoms with Crippen molar-refractivity contribution in [2.24, 2.45) is 0 Å². The van der Waals surface area contributed by atoms with Gasteiger partial charge in [0, 0.05) is 63.6 Å². The quantitative estimate of drug-likeness (QED) is 0.0825. The highest BCUT2D eigenvalue weighted by molar-refractivity contribution is 6.31. The van der Waals surface area contributed by atoms with Gasteiger partial charge in [-0.2, -0.15) is 0 Å². The van der Waals surface area contributed by atoms with Crippen molar-refractivity contribution in [1.29, 1.82) is 0 Å². The molecule has 1 heterocycles. The van der Waals surface area contributed by atoms with Crippen molar-refractivity contribution in [2.45, 2.75) is 46.8 Å². The maximum Gasteiger partial charge on any atom is 0.335 e. The maximum atomic E-state index is 14.2. The van der Waals surface area contributed by atoms with E-state index in [0.29, 0.717) is 38.4 Å². The summed E-state index contributed by atoms with van der Waals surface area (Å²) in [4.78, 5) is 46.6. The Bertz CT molecular complexity index is 2600. The van der Waals surface area contributed by atoms with Crippen LogP contribution in [0.3, 0.4) is 0 Å². The Morgan fingerprint density at radius 1 is 0.700 bits per heavy atom. The number of aromatic nitrogens is 1. The van der Waals surface area contributed by atoms with E-state index in [-0.39, 0.29) is 71.5 Å². The number of carboxylic acid groups (broad SMARTS) is 1. The van der Waals surface area contributed by atoms with Gasteiger partial charge in [0.15, 0.2) is 29.1 Å². The van der Waals surface area contributed by atoms with Gasteiger partial charge < -0.3 is 29.3 Å². The molecule has 0 radical (unpaired) electrons. The average Bonchev–Trinajstić information content (AvgIpc) is 3.59. The zero-order valence-electron chi connectivity index (χ0n) is 32.3.